The van der Waals surface area contributed by atoms with Crippen LogP contribution in [0.3, 0.4) is 0 Å². The molecule has 7 rings (SSSR count). The van der Waals surface area contributed by atoms with Crippen molar-refractivity contribution < 1.29 is 18.7 Å². The molecule has 4 aromatic rings. The van der Waals surface area contributed by atoms with Gasteiger partial charge < -0.3 is 14.9 Å². The van der Waals surface area contributed by atoms with E-state index in [1.165, 1.54) is 35.2 Å². The summed E-state index contributed by atoms with van der Waals surface area (Å²) in [6.07, 6.45) is 6.42. The lowest BCUT2D eigenvalue weighted by Crippen LogP contribution is -2.58. The van der Waals surface area contributed by atoms with Crippen LogP contribution in [-0.4, -0.2) is 65.6 Å². The number of anilines is 1. The van der Waals surface area contributed by atoms with Crippen molar-refractivity contribution in [2.75, 3.05) is 18.0 Å². The van der Waals surface area contributed by atoms with Gasteiger partial charge in [0.05, 0.1) is 28.0 Å². The average Bonchev–Trinajstić information content (AvgIpc) is 3.92. The minimum Gasteiger partial charge on any atom is -0.507 e. The van der Waals surface area contributed by atoms with Gasteiger partial charge in [-0.2, -0.15) is 4.98 Å². The topological polar surface area (TPSA) is 117 Å². The van der Waals surface area contributed by atoms with E-state index in [0.717, 1.165) is 31.7 Å². The zero-order valence-electron chi connectivity index (χ0n) is 24.4. The van der Waals surface area contributed by atoms with Gasteiger partial charge >= 0.3 is 5.69 Å². The van der Waals surface area contributed by atoms with E-state index in [0.29, 0.717) is 30.2 Å². The number of aromatic hydroxyl groups is 1. The molecule has 226 valence electrons. The van der Waals surface area contributed by atoms with E-state index in [9.17, 15) is 14.7 Å². The summed E-state index contributed by atoms with van der Waals surface area (Å²) >= 11 is 0. The Kier molecular flexibility index (Phi) is 6.67. The Balaban J connectivity index is 1.51. The summed E-state index contributed by atoms with van der Waals surface area (Å²) in [4.78, 5) is 48.5. The van der Waals surface area contributed by atoms with Crippen LogP contribution in [0.25, 0.3) is 28.0 Å². The molecule has 0 unspecified atom stereocenters. The van der Waals surface area contributed by atoms with Crippen LogP contribution in [0.4, 0.5) is 14.6 Å². The quantitative estimate of drug-likeness (QED) is 0.320. The maximum Gasteiger partial charge on any atom is 0.355 e. The van der Waals surface area contributed by atoms with Crippen LogP contribution in [0.5, 0.6) is 5.75 Å². The molecule has 2 atom stereocenters. The minimum atomic E-state index is -0.888. The van der Waals surface area contributed by atoms with E-state index in [1.807, 2.05) is 18.7 Å². The summed E-state index contributed by atoms with van der Waals surface area (Å²) in [5, 5.41) is 10.8. The molecule has 3 fully saturated rings. The Bertz CT molecular complexity index is 1850. The summed E-state index contributed by atoms with van der Waals surface area (Å²) in [6, 6.07) is 4.33. The number of pyridine rings is 1. The van der Waals surface area contributed by atoms with Crippen LogP contribution >= 0.6 is 0 Å². The van der Waals surface area contributed by atoms with Gasteiger partial charge in [0.25, 0.3) is 0 Å². The molecule has 1 aliphatic heterocycles. The molecule has 0 spiro atoms. The lowest BCUT2D eigenvalue weighted by molar-refractivity contribution is -0.128. The number of rotatable bonds is 6. The highest BCUT2D eigenvalue weighted by Gasteiger charge is 2.38. The van der Waals surface area contributed by atoms with Crippen LogP contribution in [0.1, 0.15) is 62.8 Å². The lowest BCUT2D eigenvalue weighted by atomic mass is 10.1. The second-order valence-corrected chi connectivity index (χ2v) is 12.0. The van der Waals surface area contributed by atoms with Crippen molar-refractivity contribution in [2.45, 2.75) is 63.5 Å². The van der Waals surface area contributed by atoms with E-state index >= 15 is 8.78 Å². The highest BCUT2D eigenvalue weighted by Crippen LogP contribution is 2.47. The van der Waals surface area contributed by atoms with Gasteiger partial charge in [-0.25, -0.2) is 33.1 Å². The fourth-order valence-electron chi connectivity index (χ4n) is 6.24. The van der Waals surface area contributed by atoms with Crippen LogP contribution in [0, 0.1) is 11.6 Å². The number of carbonyl (C=O) groups is 1. The van der Waals surface area contributed by atoms with Gasteiger partial charge in [0.15, 0.2) is 11.5 Å². The molecule has 3 aromatic heterocycles. The van der Waals surface area contributed by atoms with Crippen LogP contribution in [0.15, 0.2) is 48.0 Å². The Morgan fingerprint density at radius 3 is 2.30 bits per heavy atom. The summed E-state index contributed by atoms with van der Waals surface area (Å²) in [5.74, 6) is -1.95. The molecular formula is C32H31F2N7O3. The lowest BCUT2D eigenvalue weighted by Gasteiger charge is -2.44. The van der Waals surface area contributed by atoms with Crippen molar-refractivity contribution in [1.29, 1.82) is 0 Å². The fourth-order valence-corrected chi connectivity index (χ4v) is 6.24. The molecule has 12 heteroatoms. The van der Waals surface area contributed by atoms with E-state index in [2.05, 4.69) is 26.5 Å². The third-order valence-corrected chi connectivity index (χ3v) is 8.78. The number of benzene rings is 1. The number of aromatic nitrogens is 5. The number of halogens is 2. The maximum atomic E-state index is 16.0. The highest BCUT2D eigenvalue weighted by atomic mass is 19.1. The monoisotopic (exact) mass is 599 g/mol. The van der Waals surface area contributed by atoms with Crippen LogP contribution in [-0.2, 0) is 4.79 Å². The summed E-state index contributed by atoms with van der Waals surface area (Å²) in [6.45, 7) is 8.03. The first-order valence-electron chi connectivity index (χ1n) is 14.8. The van der Waals surface area contributed by atoms with E-state index in [4.69, 9.17) is 0 Å². The zero-order chi connectivity index (χ0) is 30.9. The molecule has 10 nitrogen and oxygen atoms in total. The molecule has 0 radical (unpaired) electrons. The largest absolute Gasteiger partial charge is 0.507 e. The predicted octanol–water partition coefficient (Wildman–Crippen LogP) is 4.59. The molecule has 1 N–H and O–H groups in total. The molecule has 1 saturated heterocycles. The van der Waals surface area contributed by atoms with E-state index < -0.39 is 34.3 Å². The molecule has 2 aliphatic carbocycles. The number of nitrogens with zero attached hydrogens (tertiary/aromatic N) is 7. The van der Waals surface area contributed by atoms with Crippen molar-refractivity contribution >= 4 is 22.8 Å². The van der Waals surface area contributed by atoms with Crippen molar-refractivity contribution in [3.8, 4) is 22.7 Å². The fraction of sp³-hybridized carbons (Fsp3) is 0.375. The number of phenolic OH excluding ortho intramolecular Hbond substituents is 1. The van der Waals surface area contributed by atoms with Gasteiger partial charge in [0.2, 0.25) is 5.91 Å². The number of piperazine rings is 1. The first-order valence-corrected chi connectivity index (χ1v) is 14.8. The molecule has 4 heterocycles. The first-order chi connectivity index (χ1) is 21.2. The van der Waals surface area contributed by atoms with Crippen molar-refractivity contribution in [3.63, 3.8) is 0 Å². The third-order valence-electron chi connectivity index (χ3n) is 8.78. The Labute approximate surface area is 251 Å². The number of hydrogen-bond acceptors (Lipinski definition) is 8. The second kappa shape index (κ2) is 10.5. The van der Waals surface area contributed by atoms with Crippen molar-refractivity contribution in [1.82, 2.24) is 29.4 Å². The van der Waals surface area contributed by atoms with Gasteiger partial charge in [0.1, 0.15) is 29.4 Å². The maximum absolute atomic E-state index is 16.0. The normalized spacial score (nSPS) is 20.3. The van der Waals surface area contributed by atoms with Crippen LogP contribution in [0.2, 0.25) is 0 Å². The molecule has 0 bridgehead atoms. The second-order valence-electron chi connectivity index (χ2n) is 12.0. The van der Waals surface area contributed by atoms with E-state index in [-0.39, 0.29) is 46.7 Å². The van der Waals surface area contributed by atoms with Gasteiger partial charge in [-0.1, -0.05) is 12.6 Å². The van der Waals surface area contributed by atoms with Crippen molar-refractivity contribution in [2.24, 2.45) is 0 Å². The highest BCUT2D eigenvalue weighted by molar-refractivity contribution is 5.91. The Hall–Kier alpha value is -4.74. The van der Waals surface area contributed by atoms with Gasteiger partial charge in [0, 0.05) is 37.0 Å². The zero-order valence-corrected chi connectivity index (χ0v) is 24.4. The molecule has 2 saturated carbocycles. The summed E-state index contributed by atoms with van der Waals surface area (Å²) < 4.78 is 32.4. The van der Waals surface area contributed by atoms with Crippen LogP contribution < -0.4 is 10.6 Å². The molecule has 1 amide bonds. The number of fused-ring (bicyclic) bond motifs is 1. The average molecular weight is 600 g/mol. The number of carbonyl (C=O) groups excluding carboxylic acids is 1. The van der Waals surface area contributed by atoms with E-state index in [1.54, 1.807) is 4.90 Å². The smallest absolute Gasteiger partial charge is 0.355 e. The summed E-state index contributed by atoms with van der Waals surface area (Å²) in [7, 11) is 0. The Morgan fingerprint density at radius 2 is 1.68 bits per heavy atom. The molecule has 44 heavy (non-hydrogen) atoms. The summed E-state index contributed by atoms with van der Waals surface area (Å²) in [5.41, 5.74) is 0.480. The van der Waals surface area contributed by atoms with Gasteiger partial charge in [-0.3, -0.25) is 4.79 Å². The molecule has 3 aliphatic rings. The van der Waals surface area contributed by atoms with Gasteiger partial charge in [-0.15, -0.1) is 0 Å². The molecule has 1 aromatic carbocycles. The third kappa shape index (κ3) is 4.59. The first kappa shape index (κ1) is 28.1. The standard InChI is InChI=1S/C32H31F2N7O3/c1-4-24(43)39-13-17(3)40(14-16(39)2)30-20-12-22(34)28(25-21(33)6-5-7-23(25)42)37-31(20)41(32(44)38-30)29-26(18-8-9-18)35-15-36-27(29)19-10-11-19/h4-7,12,15-19,42H,1,8-11,13-14H2,2-3H3/t16-,17+/m1/s1. The van der Waals surface area contributed by atoms with Gasteiger partial charge in [-0.05, 0) is 63.8 Å². The predicted molar refractivity (Wildman–Crippen MR) is 160 cm³/mol. The minimum absolute atomic E-state index is 0.0575. The number of amides is 1. The van der Waals surface area contributed by atoms with Crippen molar-refractivity contribution in [3.05, 3.63) is 76.8 Å². The number of phenols is 1. The Morgan fingerprint density at radius 1 is 1.00 bits per heavy atom. The SMILES string of the molecule is C=CC(=O)N1C[C@H](C)N(c2nc(=O)n(-c3c(C4CC4)ncnc3C3CC3)c3nc(-c4c(O)cccc4F)c(F)cc23)C[C@H]1C. The number of hydrogen-bond donors (Lipinski definition) is 1. The molecular weight excluding hydrogens is 568 g/mol.